The van der Waals surface area contributed by atoms with Crippen molar-refractivity contribution < 1.29 is 4.79 Å². The number of amides is 1. The van der Waals surface area contributed by atoms with Crippen molar-refractivity contribution >= 4 is 5.91 Å². The Morgan fingerprint density at radius 2 is 2.18 bits per heavy atom. The number of carbonyl (C=O) groups excluding carboxylic acids is 1. The number of nitrogens with two attached hydrogens (primary N) is 1. The molecule has 1 aliphatic heterocycles. The third-order valence-corrected chi connectivity index (χ3v) is 4.16. The van der Waals surface area contributed by atoms with Gasteiger partial charge < -0.3 is 15.5 Å². The van der Waals surface area contributed by atoms with Crippen LogP contribution in [0.3, 0.4) is 0 Å². The molecule has 0 aromatic rings. The molecule has 1 aliphatic rings. The first-order valence-corrected chi connectivity index (χ1v) is 6.60. The van der Waals surface area contributed by atoms with Crippen molar-refractivity contribution in [3.63, 3.8) is 0 Å². The molecule has 0 radical (unpaired) electrons. The van der Waals surface area contributed by atoms with Crippen LogP contribution in [0.4, 0.5) is 0 Å². The first-order valence-electron chi connectivity index (χ1n) is 6.60. The Morgan fingerprint density at radius 1 is 1.53 bits per heavy atom. The molecular weight excluding hydrogens is 214 g/mol. The summed E-state index contributed by atoms with van der Waals surface area (Å²) in [5, 5.41) is 0. The van der Waals surface area contributed by atoms with Gasteiger partial charge in [0.1, 0.15) is 0 Å². The molecule has 1 rings (SSSR count). The van der Waals surface area contributed by atoms with Gasteiger partial charge in [0.25, 0.3) is 0 Å². The Morgan fingerprint density at radius 3 is 2.65 bits per heavy atom. The third kappa shape index (κ3) is 3.19. The van der Waals surface area contributed by atoms with Gasteiger partial charge in [-0.15, -0.1) is 0 Å². The average Bonchev–Trinajstić information content (AvgIpc) is 2.37. The molecule has 2 unspecified atom stereocenters. The number of rotatable bonds is 4. The summed E-state index contributed by atoms with van der Waals surface area (Å²) in [5.74, 6) is 0.231. The molecule has 4 heteroatoms. The van der Waals surface area contributed by atoms with Crippen LogP contribution in [0.15, 0.2) is 0 Å². The summed E-state index contributed by atoms with van der Waals surface area (Å²) in [6, 6.07) is 0.492. The topological polar surface area (TPSA) is 49.6 Å². The van der Waals surface area contributed by atoms with Crippen molar-refractivity contribution in [3.8, 4) is 0 Å². The van der Waals surface area contributed by atoms with Gasteiger partial charge >= 0.3 is 0 Å². The van der Waals surface area contributed by atoms with Crippen LogP contribution in [-0.2, 0) is 4.79 Å². The van der Waals surface area contributed by atoms with E-state index < -0.39 is 0 Å². The van der Waals surface area contributed by atoms with Crippen molar-refractivity contribution in [1.82, 2.24) is 9.80 Å². The first kappa shape index (κ1) is 14.5. The molecule has 4 nitrogen and oxygen atoms in total. The second-order valence-corrected chi connectivity index (χ2v) is 5.63. The highest BCUT2D eigenvalue weighted by Gasteiger charge is 2.36. The van der Waals surface area contributed by atoms with E-state index in [-0.39, 0.29) is 11.3 Å². The molecule has 1 fully saturated rings. The lowest BCUT2D eigenvalue weighted by Crippen LogP contribution is -2.53. The zero-order chi connectivity index (χ0) is 13.1. The monoisotopic (exact) mass is 241 g/mol. The Bertz CT molecular complexity index is 261. The molecular formula is C13H27N3O. The molecule has 0 spiro atoms. The Kier molecular flexibility index (Phi) is 4.95. The van der Waals surface area contributed by atoms with E-state index in [4.69, 9.17) is 5.73 Å². The van der Waals surface area contributed by atoms with Crippen LogP contribution in [0.5, 0.6) is 0 Å². The van der Waals surface area contributed by atoms with Crippen LogP contribution in [0.2, 0.25) is 0 Å². The lowest BCUT2D eigenvalue weighted by Gasteiger charge is -2.40. The summed E-state index contributed by atoms with van der Waals surface area (Å²) in [6.07, 6.45) is 3.09. The van der Waals surface area contributed by atoms with Crippen molar-refractivity contribution in [2.75, 3.05) is 33.7 Å². The molecule has 0 bridgehead atoms. The van der Waals surface area contributed by atoms with Crippen LogP contribution in [-0.4, -0.2) is 55.5 Å². The van der Waals surface area contributed by atoms with Gasteiger partial charge in [-0.3, -0.25) is 4.79 Å². The summed E-state index contributed by atoms with van der Waals surface area (Å²) >= 11 is 0. The highest BCUT2D eigenvalue weighted by molar-refractivity contribution is 5.82. The van der Waals surface area contributed by atoms with Gasteiger partial charge in [-0.1, -0.05) is 6.92 Å². The van der Waals surface area contributed by atoms with E-state index in [1.807, 2.05) is 18.7 Å². The highest BCUT2D eigenvalue weighted by atomic mass is 16.2. The SMILES string of the molecule is CCC(C)(CN)C(=O)N1CCCC(N(C)C)C1. The maximum Gasteiger partial charge on any atom is 0.229 e. The summed E-state index contributed by atoms with van der Waals surface area (Å²) in [5.41, 5.74) is 5.38. The Hall–Kier alpha value is -0.610. The predicted molar refractivity (Wildman–Crippen MR) is 70.7 cm³/mol. The number of likely N-dealkylation sites (N-methyl/N-ethyl adjacent to an activating group) is 1. The van der Waals surface area contributed by atoms with E-state index in [9.17, 15) is 4.79 Å². The molecule has 0 saturated carbocycles. The van der Waals surface area contributed by atoms with E-state index in [1.54, 1.807) is 0 Å². The summed E-state index contributed by atoms with van der Waals surface area (Å²) < 4.78 is 0. The largest absolute Gasteiger partial charge is 0.341 e. The van der Waals surface area contributed by atoms with Crippen LogP contribution in [0.1, 0.15) is 33.1 Å². The van der Waals surface area contributed by atoms with E-state index in [2.05, 4.69) is 19.0 Å². The minimum atomic E-state index is -0.381. The van der Waals surface area contributed by atoms with E-state index >= 15 is 0 Å². The van der Waals surface area contributed by atoms with Crippen molar-refractivity contribution in [3.05, 3.63) is 0 Å². The molecule has 17 heavy (non-hydrogen) atoms. The highest BCUT2D eigenvalue weighted by Crippen LogP contribution is 2.25. The normalized spacial score (nSPS) is 24.8. The summed E-state index contributed by atoms with van der Waals surface area (Å²) in [4.78, 5) is 16.7. The molecule has 0 aliphatic carbocycles. The van der Waals surface area contributed by atoms with Crippen LogP contribution in [0.25, 0.3) is 0 Å². The van der Waals surface area contributed by atoms with Crippen LogP contribution < -0.4 is 5.73 Å². The van der Waals surface area contributed by atoms with Crippen molar-refractivity contribution in [2.24, 2.45) is 11.1 Å². The summed E-state index contributed by atoms with van der Waals surface area (Å²) in [6.45, 7) is 6.19. The fourth-order valence-corrected chi connectivity index (χ4v) is 2.33. The predicted octanol–water partition coefficient (Wildman–Crippen LogP) is 0.914. The van der Waals surface area contributed by atoms with Crippen LogP contribution in [0, 0.1) is 5.41 Å². The van der Waals surface area contributed by atoms with Gasteiger partial charge in [0.2, 0.25) is 5.91 Å². The minimum absolute atomic E-state index is 0.231. The second-order valence-electron chi connectivity index (χ2n) is 5.63. The van der Waals surface area contributed by atoms with Gasteiger partial charge in [-0.25, -0.2) is 0 Å². The number of nitrogens with zero attached hydrogens (tertiary/aromatic N) is 2. The fourth-order valence-electron chi connectivity index (χ4n) is 2.33. The maximum absolute atomic E-state index is 12.5. The number of carbonyl (C=O) groups is 1. The smallest absolute Gasteiger partial charge is 0.229 e. The number of hydrogen-bond acceptors (Lipinski definition) is 3. The maximum atomic E-state index is 12.5. The lowest BCUT2D eigenvalue weighted by atomic mass is 9.85. The quantitative estimate of drug-likeness (QED) is 0.796. The van der Waals surface area contributed by atoms with Crippen LogP contribution >= 0.6 is 0 Å². The van der Waals surface area contributed by atoms with Gasteiger partial charge in [0, 0.05) is 25.7 Å². The zero-order valence-corrected chi connectivity index (χ0v) is 11.7. The third-order valence-electron chi connectivity index (χ3n) is 4.16. The molecule has 100 valence electrons. The first-order chi connectivity index (χ1) is 7.94. The van der Waals surface area contributed by atoms with E-state index in [0.29, 0.717) is 12.6 Å². The van der Waals surface area contributed by atoms with Crippen molar-refractivity contribution in [2.45, 2.75) is 39.2 Å². The van der Waals surface area contributed by atoms with E-state index in [1.165, 1.54) is 6.42 Å². The van der Waals surface area contributed by atoms with Crippen molar-refractivity contribution in [1.29, 1.82) is 0 Å². The zero-order valence-electron chi connectivity index (χ0n) is 11.7. The molecule has 1 amide bonds. The molecule has 0 aromatic carbocycles. The van der Waals surface area contributed by atoms with Gasteiger partial charge in [0.05, 0.1) is 5.41 Å². The van der Waals surface area contributed by atoms with Gasteiger partial charge in [0.15, 0.2) is 0 Å². The molecule has 2 atom stereocenters. The Labute approximate surface area is 105 Å². The van der Waals surface area contributed by atoms with Gasteiger partial charge in [-0.2, -0.15) is 0 Å². The molecule has 0 aromatic heterocycles. The molecule has 2 N–H and O–H groups in total. The Balaban J connectivity index is 2.69. The average molecular weight is 241 g/mol. The molecule has 1 heterocycles. The number of hydrogen-bond donors (Lipinski definition) is 1. The minimum Gasteiger partial charge on any atom is -0.341 e. The van der Waals surface area contributed by atoms with E-state index in [0.717, 1.165) is 25.9 Å². The standard InChI is InChI=1S/C13H27N3O/c1-5-13(2,10-14)12(17)16-8-6-7-11(9-16)15(3)4/h11H,5-10,14H2,1-4H3. The van der Waals surface area contributed by atoms with Gasteiger partial charge in [-0.05, 0) is 40.3 Å². The number of piperidine rings is 1. The lowest BCUT2D eigenvalue weighted by molar-refractivity contribution is -0.143. The summed E-state index contributed by atoms with van der Waals surface area (Å²) in [7, 11) is 4.17. The molecule has 1 saturated heterocycles. The second kappa shape index (κ2) is 5.83. The number of likely N-dealkylation sites (tertiary alicyclic amines) is 1. The fraction of sp³-hybridized carbons (Fsp3) is 0.923.